The lowest BCUT2D eigenvalue weighted by atomic mass is 10.2. The van der Waals surface area contributed by atoms with Crippen LogP contribution in [0.5, 0.6) is 5.75 Å². The summed E-state index contributed by atoms with van der Waals surface area (Å²) in [6.07, 6.45) is -0.759. The lowest BCUT2D eigenvalue weighted by Gasteiger charge is -2.17. The summed E-state index contributed by atoms with van der Waals surface area (Å²) in [4.78, 5) is 20.0. The average Bonchev–Trinajstić information content (AvgIpc) is 2.50. The number of carbonyl (C=O) groups is 1. The number of aliphatic imine (C=N–C) groups is 1. The van der Waals surface area contributed by atoms with E-state index < -0.39 is 17.8 Å². The fourth-order valence-corrected chi connectivity index (χ4v) is 1.69. The maximum atomic E-state index is 11.6. The van der Waals surface area contributed by atoms with Crippen molar-refractivity contribution in [3.8, 4) is 5.75 Å². The van der Waals surface area contributed by atoms with Crippen molar-refractivity contribution < 1.29 is 24.2 Å². The Morgan fingerprint density at radius 3 is 2.42 bits per heavy atom. The van der Waals surface area contributed by atoms with Crippen molar-refractivity contribution in [1.82, 2.24) is 0 Å². The molecule has 5 N–H and O–H groups in total. The molecule has 1 rings (SSSR count). The van der Waals surface area contributed by atoms with E-state index in [-0.39, 0.29) is 19.0 Å². The van der Waals surface area contributed by atoms with E-state index in [9.17, 15) is 4.79 Å². The summed E-state index contributed by atoms with van der Waals surface area (Å²) >= 11 is 0. The number of nitrogens with two attached hydrogens (primary N) is 2. The monoisotopic (exact) mass is 339 g/mol. The molecule has 0 aliphatic rings. The highest BCUT2D eigenvalue weighted by Crippen LogP contribution is 2.14. The van der Waals surface area contributed by atoms with Crippen molar-refractivity contribution in [3.05, 3.63) is 29.8 Å². The molecule has 24 heavy (non-hydrogen) atoms. The zero-order chi connectivity index (χ0) is 18.2. The van der Waals surface area contributed by atoms with Gasteiger partial charge in [-0.15, -0.1) is 0 Å². The first-order valence-corrected chi connectivity index (χ1v) is 7.52. The summed E-state index contributed by atoms with van der Waals surface area (Å²) in [7, 11) is 0. The molecule has 0 spiro atoms. The van der Waals surface area contributed by atoms with E-state index in [2.05, 4.69) is 9.83 Å². The minimum absolute atomic E-state index is 0.0399. The third-order valence-electron chi connectivity index (χ3n) is 2.83. The van der Waals surface area contributed by atoms with Crippen LogP contribution < -0.4 is 16.4 Å². The number of hydrogen-bond acceptors (Lipinski definition) is 6. The highest BCUT2D eigenvalue weighted by Gasteiger charge is 2.16. The van der Waals surface area contributed by atoms with E-state index in [0.717, 1.165) is 0 Å². The molecule has 134 valence electrons. The molecular formula is C16H25N3O5. The third kappa shape index (κ3) is 7.40. The smallest absolute Gasteiger partial charge is 0.436 e. The molecule has 1 aromatic rings. The van der Waals surface area contributed by atoms with Crippen LogP contribution in [0.4, 0.5) is 4.79 Å². The van der Waals surface area contributed by atoms with Crippen LogP contribution in [-0.4, -0.2) is 42.0 Å². The quantitative estimate of drug-likeness (QED) is 0.388. The molecule has 8 nitrogen and oxygen atoms in total. The van der Waals surface area contributed by atoms with Gasteiger partial charge in [-0.25, -0.2) is 10.7 Å². The largest absolute Gasteiger partial charge is 0.491 e. The molecule has 1 atom stereocenters. The van der Waals surface area contributed by atoms with E-state index >= 15 is 0 Å². The van der Waals surface area contributed by atoms with Crippen LogP contribution in [0.1, 0.15) is 32.8 Å². The second kappa shape index (κ2) is 9.21. The van der Waals surface area contributed by atoms with Gasteiger partial charge in [0.15, 0.2) is 0 Å². The number of nitrogens with zero attached hydrogens (tertiary/aromatic N) is 1. The molecule has 0 heterocycles. The predicted octanol–water partition coefficient (Wildman–Crippen LogP) is 1.35. The fraction of sp³-hybridized carbons (Fsp3) is 0.500. The highest BCUT2D eigenvalue weighted by molar-refractivity contribution is 6.02. The SMILES string of the molecule is CC(C)(C)OC(=O)N=C(N)c1ccc(OCC(CCO)ON)cc1. The number of rotatable bonds is 7. The van der Waals surface area contributed by atoms with Gasteiger partial charge in [-0.3, -0.25) is 4.84 Å². The van der Waals surface area contributed by atoms with Crippen LogP contribution in [0.25, 0.3) is 0 Å². The summed E-state index contributed by atoms with van der Waals surface area (Å²) in [6.45, 7) is 5.41. The molecule has 0 radical (unpaired) electrons. The lowest BCUT2D eigenvalue weighted by Crippen LogP contribution is -2.26. The second-order valence-corrected chi connectivity index (χ2v) is 6.08. The maximum Gasteiger partial charge on any atom is 0.436 e. The zero-order valence-electron chi connectivity index (χ0n) is 14.2. The first-order valence-electron chi connectivity index (χ1n) is 7.52. The van der Waals surface area contributed by atoms with E-state index in [1.165, 1.54) is 0 Å². The number of aliphatic hydroxyl groups is 1. The molecule has 1 aromatic carbocycles. The van der Waals surface area contributed by atoms with E-state index in [4.69, 9.17) is 26.2 Å². The van der Waals surface area contributed by atoms with E-state index in [1.807, 2.05) is 0 Å². The number of carbonyl (C=O) groups excluding carboxylic acids is 1. The molecule has 0 aromatic heterocycles. The van der Waals surface area contributed by atoms with Crippen LogP contribution >= 0.6 is 0 Å². The Morgan fingerprint density at radius 2 is 1.92 bits per heavy atom. The molecule has 1 unspecified atom stereocenters. The van der Waals surface area contributed by atoms with Crippen molar-refractivity contribution in [1.29, 1.82) is 0 Å². The summed E-state index contributed by atoms with van der Waals surface area (Å²) in [5, 5.41) is 8.85. The molecule has 1 amide bonds. The Hall–Kier alpha value is -2.16. The van der Waals surface area contributed by atoms with Gasteiger partial charge in [-0.1, -0.05) is 0 Å². The van der Waals surface area contributed by atoms with Crippen molar-refractivity contribution in [2.45, 2.75) is 38.9 Å². The van der Waals surface area contributed by atoms with Crippen LogP contribution in [0.3, 0.4) is 0 Å². The van der Waals surface area contributed by atoms with Crippen LogP contribution in [0.15, 0.2) is 29.3 Å². The van der Waals surface area contributed by atoms with Gasteiger partial charge in [0.05, 0.1) is 0 Å². The maximum absolute atomic E-state index is 11.6. The minimum atomic E-state index is -0.743. The van der Waals surface area contributed by atoms with Gasteiger partial charge in [-0.2, -0.15) is 4.99 Å². The molecule has 0 bridgehead atoms. The van der Waals surface area contributed by atoms with Crippen LogP contribution in [0.2, 0.25) is 0 Å². The average molecular weight is 339 g/mol. The van der Waals surface area contributed by atoms with Gasteiger partial charge in [-0.05, 0) is 45.0 Å². The number of hydrogen-bond donors (Lipinski definition) is 3. The normalized spacial score (nSPS) is 13.5. The number of benzene rings is 1. The van der Waals surface area contributed by atoms with Crippen LogP contribution in [-0.2, 0) is 9.57 Å². The molecule has 0 fully saturated rings. The van der Waals surface area contributed by atoms with Gasteiger partial charge in [0, 0.05) is 18.6 Å². The Bertz CT molecular complexity index is 552. The molecule has 0 saturated carbocycles. The standard InChI is InChI=1S/C16H25N3O5/c1-16(2,3)23-15(21)19-14(17)11-4-6-12(7-5-11)22-10-13(24-18)8-9-20/h4-7,13,20H,8-10,18H2,1-3H3,(H2,17,19,21). The van der Waals surface area contributed by atoms with Crippen molar-refractivity contribution in [2.24, 2.45) is 16.6 Å². The first-order chi connectivity index (χ1) is 11.2. The van der Waals surface area contributed by atoms with E-state index in [0.29, 0.717) is 17.7 Å². The van der Waals surface area contributed by atoms with Gasteiger partial charge >= 0.3 is 6.09 Å². The number of ether oxygens (including phenoxy) is 2. The second-order valence-electron chi connectivity index (χ2n) is 6.08. The van der Waals surface area contributed by atoms with Gasteiger partial charge in [0.2, 0.25) is 0 Å². The molecule has 0 saturated heterocycles. The first kappa shape index (κ1) is 19.9. The number of amidine groups is 1. The molecule has 0 aliphatic carbocycles. The Labute approximate surface area is 141 Å². The molecule has 0 aliphatic heterocycles. The minimum Gasteiger partial charge on any atom is -0.491 e. The van der Waals surface area contributed by atoms with E-state index in [1.54, 1.807) is 45.0 Å². The predicted molar refractivity (Wildman–Crippen MR) is 89.7 cm³/mol. The van der Waals surface area contributed by atoms with Crippen LogP contribution in [0, 0.1) is 0 Å². The number of aliphatic hydroxyl groups excluding tert-OH is 1. The van der Waals surface area contributed by atoms with Crippen molar-refractivity contribution >= 4 is 11.9 Å². The molecular weight excluding hydrogens is 314 g/mol. The Kier molecular flexibility index (Phi) is 7.63. The third-order valence-corrected chi connectivity index (χ3v) is 2.83. The topological polar surface area (TPSA) is 129 Å². The Morgan fingerprint density at radius 1 is 1.29 bits per heavy atom. The summed E-state index contributed by atoms with van der Waals surface area (Å²) in [5.41, 5.74) is 5.73. The Balaban J connectivity index is 2.64. The van der Waals surface area contributed by atoms with Gasteiger partial charge < -0.3 is 20.3 Å². The lowest BCUT2D eigenvalue weighted by molar-refractivity contribution is 0.00491. The molecule has 8 heteroatoms. The summed E-state index contributed by atoms with van der Waals surface area (Å²) in [6, 6.07) is 6.70. The highest BCUT2D eigenvalue weighted by atomic mass is 16.6. The van der Waals surface area contributed by atoms with Gasteiger partial charge in [0.25, 0.3) is 0 Å². The van der Waals surface area contributed by atoms with Crippen molar-refractivity contribution in [2.75, 3.05) is 13.2 Å². The van der Waals surface area contributed by atoms with Gasteiger partial charge in [0.1, 0.15) is 29.9 Å². The number of amides is 1. The summed E-state index contributed by atoms with van der Waals surface area (Å²) in [5.74, 6) is 5.74. The summed E-state index contributed by atoms with van der Waals surface area (Å²) < 4.78 is 10.6. The zero-order valence-corrected chi connectivity index (χ0v) is 14.2. The van der Waals surface area contributed by atoms with Crippen molar-refractivity contribution in [3.63, 3.8) is 0 Å². The fourth-order valence-electron chi connectivity index (χ4n) is 1.69.